The number of aromatic nitrogens is 3. The number of hydrogen-bond acceptors (Lipinski definition) is 4. The van der Waals surface area contributed by atoms with Gasteiger partial charge in [-0.25, -0.2) is 4.68 Å². The van der Waals surface area contributed by atoms with Crippen molar-refractivity contribution in [2.24, 2.45) is 0 Å². The van der Waals surface area contributed by atoms with Crippen molar-refractivity contribution in [3.63, 3.8) is 0 Å². The maximum Gasteiger partial charge on any atom is 0.214 e. The third-order valence-electron chi connectivity index (χ3n) is 2.30. The Bertz CT molecular complexity index is 526. The van der Waals surface area contributed by atoms with Crippen LogP contribution in [0.1, 0.15) is 11.4 Å². The van der Waals surface area contributed by atoms with Crippen LogP contribution in [0.25, 0.3) is 0 Å². The normalized spacial score (nSPS) is 10.6. The minimum Gasteiger partial charge on any atom is -0.335 e. The van der Waals surface area contributed by atoms with Crippen LogP contribution >= 0.6 is 24.0 Å². The van der Waals surface area contributed by atoms with Gasteiger partial charge in [-0.1, -0.05) is 12.1 Å². The van der Waals surface area contributed by atoms with Crippen LogP contribution in [0.5, 0.6) is 0 Å². The Labute approximate surface area is 103 Å². The van der Waals surface area contributed by atoms with Crippen LogP contribution in [-0.2, 0) is 6.42 Å². The van der Waals surface area contributed by atoms with Crippen LogP contribution < -0.4 is 5.84 Å². The molecular formula is C10H12N4S2. The zero-order valence-corrected chi connectivity index (χ0v) is 10.4. The van der Waals surface area contributed by atoms with Crippen molar-refractivity contribution < 1.29 is 0 Å². The molecule has 2 aromatic rings. The van der Waals surface area contributed by atoms with Crippen LogP contribution in [0.15, 0.2) is 29.2 Å². The number of nitrogens with one attached hydrogen (secondary N) is 1. The Morgan fingerprint density at radius 2 is 2.12 bits per heavy atom. The summed E-state index contributed by atoms with van der Waals surface area (Å²) in [5.74, 6) is 6.46. The van der Waals surface area contributed by atoms with Crippen molar-refractivity contribution in [3.8, 4) is 0 Å². The lowest BCUT2D eigenvalue weighted by atomic mass is 10.1. The molecule has 6 heteroatoms. The van der Waals surface area contributed by atoms with Crippen LogP contribution in [0.2, 0.25) is 0 Å². The molecule has 0 spiro atoms. The number of thioether (sulfide) groups is 1. The number of aromatic amines is 1. The first-order valence-electron chi connectivity index (χ1n) is 4.75. The molecule has 3 N–H and O–H groups in total. The predicted molar refractivity (Wildman–Crippen MR) is 68.6 cm³/mol. The number of nitrogen functional groups attached to an aromatic ring is 1. The van der Waals surface area contributed by atoms with Crippen LogP contribution in [-0.4, -0.2) is 21.1 Å². The molecule has 0 aliphatic carbocycles. The smallest absolute Gasteiger partial charge is 0.214 e. The average molecular weight is 252 g/mol. The van der Waals surface area contributed by atoms with Gasteiger partial charge in [-0.3, -0.25) is 5.10 Å². The van der Waals surface area contributed by atoms with Crippen molar-refractivity contribution in [2.45, 2.75) is 11.3 Å². The second kappa shape index (κ2) is 4.71. The van der Waals surface area contributed by atoms with E-state index >= 15 is 0 Å². The predicted octanol–water partition coefficient (Wildman–Crippen LogP) is 1.97. The van der Waals surface area contributed by atoms with Gasteiger partial charge in [-0.05, 0) is 36.2 Å². The van der Waals surface area contributed by atoms with E-state index in [9.17, 15) is 0 Å². The highest BCUT2D eigenvalue weighted by Crippen LogP contribution is 2.16. The summed E-state index contributed by atoms with van der Waals surface area (Å²) in [5.41, 5.74) is 1.17. The summed E-state index contributed by atoms with van der Waals surface area (Å²) in [6.07, 6.45) is 2.73. The van der Waals surface area contributed by atoms with Crippen molar-refractivity contribution in [1.82, 2.24) is 14.9 Å². The molecule has 0 saturated carbocycles. The lowest BCUT2D eigenvalue weighted by Gasteiger charge is -2.02. The third kappa shape index (κ3) is 2.28. The van der Waals surface area contributed by atoms with Gasteiger partial charge in [0.1, 0.15) is 0 Å². The molecule has 0 saturated heterocycles. The Kier molecular flexibility index (Phi) is 3.31. The quantitative estimate of drug-likeness (QED) is 0.498. The summed E-state index contributed by atoms with van der Waals surface area (Å²) >= 11 is 6.67. The number of benzene rings is 1. The minimum absolute atomic E-state index is 0.440. The van der Waals surface area contributed by atoms with Crippen LogP contribution in [0, 0.1) is 4.77 Å². The molecule has 1 heterocycles. The molecule has 0 bridgehead atoms. The largest absolute Gasteiger partial charge is 0.335 e. The highest BCUT2D eigenvalue weighted by Gasteiger charge is 2.04. The topological polar surface area (TPSA) is 59.6 Å². The summed E-state index contributed by atoms with van der Waals surface area (Å²) in [4.78, 5) is 1.25. The van der Waals surface area contributed by atoms with Gasteiger partial charge in [0.25, 0.3) is 0 Å². The van der Waals surface area contributed by atoms with E-state index in [1.165, 1.54) is 15.1 Å². The fraction of sp³-hybridized carbons (Fsp3) is 0.200. The first-order valence-corrected chi connectivity index (χ1v) is 6.38. The average Bonchev–Trinajstić information content (AvgIpc) is 2.62. The monoisotopic (exact) mass is 252 g/mol. The zero-order valence-electron chi connectivity index (χ0n) is 8.80. The number of nitrogens with two attached hydrogens (primary N) is 1. The molecule has 0 amide bonds. The molecular weight excluding hydrogens is 240 g/mol. The second-order valence-electron chi connectivity index (χ2n) is 3.34. The minimum atomic E-state index is 0.440. The van der Waals surface area contributed by atoms with Crippen molar-refractivity contribution in [2.75, 3.05) is 12.1 Å². The molecule has 1 aromatic heterocycles. The Morgan fingerprint density at radius 1 is 1.44 bits per heavy atom. The molecule has 1 aromatic carbocycles. The molecule has 0 atom stereocenters. The third-order valence-corrected chi connectivity index (χ3v) is 3.33. The second-order valence-corrected chi connectivity index (χ2v) is 4.61. The van der Waals surface area contributed by atoms with Gasteiger partial charge in [-0.2, -0.15) is 5.10 Å². The van der Waals surface area contributed by atoms with Gasteiger partial charge in [0.05, 0.1) is 0 Å². The van der Waals surface area contributed by atoms with Gasteiger partial charge in [-0.15, -0.1) is 11.8 Å². The maximum absolute atomic E-state index is 5.72. The number of H-pyrrole nitrogens is 1. The van der Waals surface area contributed by atoms with E-state index in [0.29, 0.717) is 11.2 Å². The Morgan fingerprint density at radius 3 is 2.62 bits per heavy atom. The molecule has 4 nitrogen and oxygen atoms in total. The zero-order chi connectivity index (χ0) is 11.5. The molecule has 0 aliphatic rings. The van der Waals surface area contributed by atoms with E-state index in [1.54, 1.807) is 11.8 Å². The first-order chi connectivity index (χ1) is 7.70. The number of nitrogens with zero attached hydrogens (tertiary/aromatic N) is 2. The summed E-state index contributed by atoms with van der Waals surface area (Å²) in [7, 11) is 0. The first kappa shape index (κ1) is 11.2. The van der Waals surface area contributed by atoms with Gasteiger partial charge < -0.3 is 5.84 Å². The van der Waals surface area contributed by atoms with Gasteiger partial charge in [0.15, 0.2) is 5.82 Å². The van der Waals surface area contributed by atoms with E-state index in [-0.39, 0.29) is 0 Å². The summed E-state index contributed by atoms with van der Waals surface area (Å²) in [6.45, 7) is 0. The Hall–Kier alpha value is -1.27. The highest BCUT2D eigenvalue weighted by molar-refractivity contribution is 7.98. The van der Waals surface area contributed by atoms with Gasteiger partial charge in [0, 0.05) is 11.3 Å². The molecule has 84 valence electrons. The summed E-state index contributed by atoms with van der Waals surface area (Å²) in [5, 5.41) is 6.74. The van der Waals surface area contributed by atoms with E-state index in [1.807, 2.05) is 0 Å². The van der Waals surface area contributed by atoms with Crippen molar-refractivity contribution in [1.29, 1.82) is 0 Å². The van der Waals surface area contributed by atoms with E-state index < -0.39 is 0 Å². The van der Waals surface area contributed by atoms with Crippen molar-refractivity contribution >= 4 is 24.0 Å². The molecule has 0 radical (unpaired) electrons. The SMILES string of the molecule is CSc1ccc(Cc2n[nH]c(=S)n2N)cc1. The molecule has 0 aliphatic heterocycles. The molecule has 0 fully saturated rings. The van der Waals surface area contributed by atoms with Gasteiger partial charge in [0.2, 0.25) is 4.77 Å². The number of rotatable bonds is 3. The van der Waals surface area contributed by atoms with Crippen LogP contribution in [0.4, 0.5) is 0 Å². The summed E-state index contributed by atoms with van der Waals surface area (Å²) in [6, 6.07) is 8.32. The lowest BCUT2D eigenvalue weighted by molar-refractivity contribution is 0.867. The molecule has 2 rings (SSSR count). The number of hydrogen-bond donors (Lipinski definition) is 2. The standard InChI is InChI=1S/C10H12N4S2/c1-16-8-4-2-7(3-5-8)6-9-12-13-10(15)14(9)11/h2-5H,6,11H2,1H3,(H,13,15). The fourth-order valence-corrected chi connectivity index (χ4v) is 1.95. The molecule has 16 heavy (non-hydrogen) atoms. The molecule has 0 unspecified atom stereocenters. The van der Waals surface area contributed by atoms with E-state index in [0.717, 1.165) is 5.82 Å². The summed E-state index contributed by atoms with van der Waals surface area (Å²) < 4.78 is 1.84. The van der Waals surface area contributed by atoms with Crippen LogP contribution in [0.3, 0.4) is 0 Å². The maximum atomic E-state index is 5.72. The van der Waals surface area contributed by atoms with E-state index in [4.69, 9.17) is 18.1 Å². The van der Waals surface area contributed by atoms with Crippen molar-refractivity contribution in [3.05, 3.63) is 40.4 Å². The van der Waals surface area contributed by atoms with Gasteiger partial charge >= 0.3 is 0 Å². The fourth-order valence-electron chi connectivity index (χ4n) is 1.39. The Balaban J connectivity index is 2.20. The highest BCUT2D eigenvalue weighted by atomic mass is 32.2. The van der Waals surface area contributed by atoms with E-state index in [2.05, 4.69) is 40.7 Å². The lowest BCUT2D eigenvalue weighted by Crippen LogP contribution is -2.13.